The van der Waals surface area contributed by atoms with Crippen molar-refractivity contribution in [1.29, 1.82) is 0 Å². The van der Waals surface area contributed by atoms with Gasteiger partial charge in [-0.15, -0.1) is 0 Å². The maximum atomic E-state index is 13.1. The molecule has 6 aliphatic heterocycles. The van der Waals surface area contributed by atoms with Crippen LogP contribution in [0.25, 0.3) is 0 Å². The van der Waals surface area contributed by atoms with E-state index < -0.39 is 125 Å². The van der Waals surface area contributed by atoms with Crippen LogP contribution < -0.4 is 32.7 Å². The molecule has 0 saturated carbocycles. The number of ether oxygens (including phenoxy) is 13. The maximum Gasteiger partial charge on any atom is 0.321 e. The molecule has 0 aliphatic carbocycles. The highest BCUT2D eigenvalue weighted by atomic mass is 32.2. The topological polar surface area (TPSA) is 421 Å². The van der Waals surface area contributed by atoms with Gasteiger partial charge in [-0.05, 0) is 79.4 Å². The van der Waals surface area contributed by atoms with Crippen LogP contribution in [0.15, 0.2) is 5.10 Å². The standard InChI is InChI=1S/C26H47NO6S.C23H44O4.C17H33N5O10.C10H5F5O3S/c1-9-22-17(4)15(2)20(7)26(32-22)31-13-23-18(5)16(3)19(6)25(33-23)30-12-10-11-27-24(29)14-34-21(8)28;1-9-11-12-24-22-18(7)15(4)17(6)21(27-22)13-25-23-19(8)14(3)16(5)20(10-2)26-23;18-10-15(28)13(26)8(32-16(10)29-3-1-2-21-9(24)4-22-20)6-30-17-11(19)14(27)12(25)7(5-23)31-17;1-3(16)19-2-4(17)18-10-8(14)6(12)5(11)7(13)9(10)15/h15-20,22-23,25-26H,9-14H2,1-8H3,(H,27,29);14-23H,9-13H2,1-8H3;4,7-8,10-17,23,25-28H,1-3,5-6,18-20H2,(H,21,24);2H2,1H3/b;;22-4+;/t15-,16-,17-,18-,19?,20?,22?,23?,25+,26+;14-,15-,16-,17-,18?,19?,20?,21?,22+,23+;7?,8?,10?,11?,12-,13-,14-,15-,16-,17-;/m001./s1. The van der Waals surface area contributed by atoms with E-state index in [0.29, 0.717) is 116 Å². The fourth-order valence-corrected chi connectivity index (χ4v) is 14.5. The summed E-state index contributed by atoms with van der Waals surface area (Å²) in [6.45, 7) is 38.7. The molecule has 2 amide bonds. The van der Waals surface area contributed by atoms with Gasteiger partial charge in [0.05, 0.1) is 87.6 Å². The Morgan fingerprint density at radius 2 is 0.786 bits per heavy atom. The van der Waals surface area contributed by atoms with Crippen LogP contribution >= 0.6 is 23.5 Å². The molecule has 0 radical (unpaired) electrons. The molecular weight excluding hydrogens is 1520 g/mol. The number of halogens is 5. The van der Waals surface area contributed by atoms with Crippen molar-refractivity contribution in [2.45, 2.75) is 267 Å². The summed E-state index contributed by atoms with van der Waals surface area (Å²) in [6, 6.07) is -2.18. The van der Waals surface area contributed by atoms with E-state index in [9.17, 15) is 71.5 Å². The van der Waals surface area contributed by atoms with Gasteiger partial charge in [0.2, 0.25) is 40.7 Å². The van der Waals surface area contributed by atoms with Crippen molar-refractivity contribution in [2.24, 2.45) is 93.4 Å². The summed E-state index contributed by atoms with van der Waals surface area (Å²) in [5.74, 6) is -5.05. The van der Waals surface area contributed by atoms with Crippen LogP contribution in [0, 0.1) is 100 Å². The van der Waals surface area contributed by atoms with Gasteiger partial charge in [0.1, 0.15) is 42.8 Å². The number of nitrogens with two attached hydrogens (primary N) is 3. The minimum absolute atomic E-state index is 0.0509. The summed E-state index contributed by atoms with van der Waals surface area (Å²) in [7, 11) is 0. The molecule has 0 spiro atoms. The fraction of sp³-hybridized carbons (Fsp3) is 0.842. The minimum Gasteiger partial charge on any atom is -0.419 e. The second-order valence-corrected chi connectivity index (χ2v) is 32.5. The fourth-order valence-electron chi connectivity index (χ4n) is 13.7. The number of nitrogens with one attached hydrogen (secondary N) is 2. The number of nitrogens with zero attached hydrogens (tertiary/aromatic N) is 1. The van der Waals surface area contributed by atoms with Crippen LogP contribution in [-0.2, 0) is 80.8 Å². The first-order chi connectivity index (χ1) is 52.8. The molecule has 13 N–H and O–H groups in total. The van der Waals surface area contributed by atoms with Crippen LogP contribution in [0.2, 0.25) is 0 Å². The molecule has 36 heteroatoms. The third-order valence-electron chi connectivity index (χ3n) is 22.7. The summed E-state index contributed by atoms with van der Waals surface area (Å²) in [6.07, 6.45) is -4.04. The van der Waals surface area contributed by atoms with Gasteiger partial charge in [-0.2, -0.15) is 13.9 Å². The number of hydrogen-bond donors (Lipinski definition) is 10. The Hall–Kier alpha value is -3.97. The lowest BCUT2D eigenvalue weighted by Crippen LogP contribution is -2.64. The maximum absolute atomic E-state index is 13.1. The normalized spacial score (nSPS) is 36.0. The van der Waals surface area contributed by atoms with Crippen molar-refractivity contribution in [3.05, 3.63) is 29.1 Å². The highest BCUT2D eigenvalue weighted by molar-refractivity contribution is 8.14. The van der Waals surface area contributed by atoms with E-state index in [4.69, 9.17) is 74.2 Å². The van der Waals surface area contributed by atoms with E-state index in [2.05, 4.69) is 124 Å². The van der Waals surface area contributed by atoms with Gasteiger partial charge in [0.15, 0.2) is 48.0 Å². The van der Waals surface area contributed by atoms with Crippen molar-refractivity contribution in [3.8, 4) is 5.75 Å². The van der Waals surface area contributed by atoms with E-state index in [1.54, 1.807) is 0 Å². The van der Waals surface area contributed by atoms with Crippen molar-refractivity contribution in [2.75, 3.05) is 70.8 Å². The van der Waals surface area contributed by atoms with E-state index in [1.807, 2.05) is 0 Å². The lowest BCUT2D eigenvalue weighted by atomic mass is 9.78. The van der Waals surface area contributed by atoms with Crippen LogP contribution in [0.1, 0.15) is 156 Å². The quantitative estimate of drug-likeness (QED) is 0.00420. The van der Waals surface area contributed by atoms with Crippen LogP contribution in [0.4, 0.5) is 22.0 Å². The van der Waals surface area contributed by atoms with Crippen molar-refractivity contribution in [1.82, 2.24) is 10.6 Å². The Labute approximate surface area is 664 Å². The average molecular weight is 1650 g/mol. The lowest BCUT2D eigenvalue weighted by molar-refractivity contribution is -0.299. The molecule has 6 heterocycles. The van der Waals surface area contributed by atoms with Crippen molar-refractivity contribution in [3.63, 3.8) is 0 Å². The molecule has 30 atom stereocenters. The number of carbonyl (C=O) groups is 5. The molecule has 6 saturated heterocycles. The number of esters is 1. The first kappa shape index (κ1) is 100. The van der Waals surface area contributed by atoms with E-state index in [1.165, 1.54) is 6.92 Å². The van der Waals surface area contributed by atoms with Crippen LogP contribution in [0.3, 0.4) is 0 Å². The number of thioether (sulfide) groups is 2. The zero-order chi connectivity index (χ0) is 84.1. The molecule has 1 aromatic rings. The Morgan fingerprint density at radius 3 is 1.21 bits per heavy atom. The summed E-state index contributed by atoms with van der Waals surface area (Å²) in [5.41, 5.74) is 11.7. The number of amides is 2. The highest BCUT2D eigenvalue weighted by Gasteiger charge is 2.49. The molecule has 1 aromatic carbocycles. The van der Waals surface area contributed by atoms with Crippen molar-refractivity contribution < 1.29 is 133 Å². The predicted molar refractivity (Wildman–Crippen MR) is 406 cm³/mol. The van der Waals surface area contributed by atoms with Gasteiger partial charge in [0, 0.05) is 57.2 Å². The monoisotopic (exact) mass is 1650 g/mol. The predicted octanol–water partition coefficient (Wildman–Crippen LogP) is 6.56. The zero-order valence-electron chi connectivity index (χ0n) is 67.9. The van der Waals surface area contributed by atoms with Crippen molar-refractivity contribution >= 4 is 57.8 Å². The van der Waals surface area contributed by atoms with Gasteiger partial charge in [-0.3, -0.25) is 24.0 Å². The van der Waals surface area contributed by atoms with Gasteiger partial charge in [0.25, 0.3) is 5.91 Å². The summed E-state index contributed by atoms with van der Waals surface area (Å²) < 4.78 is 140. The van der Waals surface area contributed by atoms with Gasteiger partial charge in [-0.1, -0.05) is 134 Å². The largest absolute Gasteiger partial charge is 0.419 e. The Bertz CT molecular complexity index is 3000. The minimum atomic E-state index is -2.35. The third-order valence-corrected chi connectivity index (χ3v) is 24.3. The zero-order valence-corrected chi connectivity index (χ0v) is 69.5. The first-order valence-electron chi connectivity index (χ1n) is 39.1. The number of carbonyl (C=O) groups excluding carboxylic acids is 5. The Balaban J connectivity index is 0.000000321. The second kappa shape index (κ2) is 50.1. The summed E-state index contributed by atoms with van der Waals surface area (Å²) >= 11 is 1.48. The Morgan fingerprint density at radius 1 is 0.446 bits per heavy atom. The average Bonchev–Trinajstić information content (AvgIpc) is 0.800. The van der Waals surface area contributed by atoms with Gasteiger partial charge >= 0.3 is 5.97 Å². The van der Waals surface area contributed by atoms with Gasteiger partial charge < -0.3 is 115 Å². The van der Waals surface area contributed by atoms with Gasteiger partial charge in [-0.25, -0.2) is 13.2 Å². The molecule has 29 nitrogen and oxygen atoms in total. The number of hydrazone groups is 1. The Kier molecular flexibility index (Phi) is 44.9. The summed E-state index contributed by atoms with van der Waals surface area (Å²) in [4.78, 5) is 55.5. The molecule has 112 heavy (non-hydrogen) atoms. The third kappa shape index (κ3) is 29.5. The lowest BCUT2D eigenvalue weighted by Gasteiger charge is -2.46. The number of hydrogen-bond acceptors (Lipinski definition) is 29. The number of aliphatic hydroxyl groups is 5. The van der Waals surface area contributed by atoms with E-state index in [0.717, 1.165) is 57.2 Å². The molecule has 12 unspecified atom stereocenters. The molecular formula is C76H129F5N6O23S2. The van der Waals surface area contributed by atoms with E-state index in [-0.39, 0.29) is 92.0 Å². The molecule has 7 rings (SSSR count). The number of benzene rings is 1. The number of rotatable bonds is 32. The SMILES string of the molecule is CC(=O)SCC(=O)Oc1c(F)c(F)c(F)c(F)c1F.CCC1O[C@@H](OCC2O[C@@H](OCCCNC(=O)CSC(C)=O)C(C)[C@@H](C)[C@@H]2C)C(C)[C@@H](C)[C@@H]1C.CCCCO[C@@H]1OC(CO[C@@H]2OC(CC)[C@@H](C)[C@H](C)C2C)[C@@H](C)[C@H](C)C1C.N/N=C/C(=O)NCCCO[C@@H]1OC(CO[C@@H]2OC(CO)[C@@H](O)[C@H](O)C2N)[C@@H](O)[C@H](O)C1N. The number of unbranched alkanes of at least 4 members (excludes halogenated alkanes) is 1. The summed E-state index contributed by atoms with van der Waals surface area (Å²) in [5, 5.41) is 57.5. The highest BCUT2D eigenvalue weighted by Crippen LogP contribution is 2.42. The van der Waals surface area contributed by atoms with E-state index >= 15 is 0 Å². The second-order valence-electron chi connectivity index (χ2n) is 30.2. The molecule has 6 fully saturated rings. The molecule has 6 aliphatic rings. The number of aliphatic hydroxyl groups excluding tert-OH is 5. The first-order valence-corrected chi connectivity index (χ1v) is 41.0. The molecule has 0 bridgehead atoms. The van der Waals surface area contributed by atoms with Crippen LogP contribution in [-0.4, -0.2) is 241 Å². The molecule has 648 valence electrons. The van der Waals surface area contributed by atoms with Crippen LogP contribution in [0.5, 0.6) is 5.75 Å². The smallest absolute Gasteiger partial charge is 0.321 e. The molecule has 0 aromatic heterocycles.